The number of benzene rings is 1. The molecule has 0 spiro atoms. The van der Waals surface area contributed by atoms with Crippen molar-refractivity contribution in [3.63, 3.8) is 0 Å². The predicted octanol–water partition coefficient (Wildman–Crippen LogP) is 2.43. The van der Waals surface area contributed by atoms with Crippen LogP contribution in [0, 0.1) is 0 Å². The summed E-state index contributed by atoms with van der Waals surface area (Å²) in [5.74, 6) is 1.05. The quantitative estimate of drug-likeness (QED) is 0.815. The van der Waals surface area contributed by atoms with Crippen molar-refractivity contribution in [1.29, 1.82) is 0 Å². The molecule has 0 bridgehead atoms. The molecule has 3 nitrogen and oxygen atoms in total. The first kappa shape index (κ1) is 15.7. The van der Waals surface area contributed by atoms with Gasteiger partial charge in [-0.15, -0.1) is 11.8 Å². The van der Waals surface area contributed by atoms with Crippen molar-refractivity contribution in [1.82, 2.24) is 10.2 Å². The third-order valence-electron chi connectivity index (χ3n) is 3.97. The van der Waals surface area contributed by atoms with Gasteiger partial charge in [0.1, 0.15) is 5.75 Å². The number of hydrogen-bond acceptors (Lipinski definition) is 4. The van der Waals surface area contributed by atoms with Gasteiger partial charge in [-0.3, -0.25) is 0 Å². The number of hydrogen-bond donors (Lipinski definition) is 1. The first-order valence-corrected chi connectivity index (χ1v) is 8.67. The van der Waals surface area contributed by atoms with Crippen molar-refractivity contribution in [3.8, 4) is 5.75 Å². The van der Waals surface area contributed by atoms with E-state index < -0.39 is 0 Å². The molecule has 2 rings (SSSR count). The van der Waals surface area contributed by atoms with Crippen LogP contribution in [0.2, 0.25) is 0 Å². The lowest BCUT2D eigenvalue weighted by atomic mass is 10.1. The van der Waals surface area contributed by atoms with Gasteiger partial charge in [0.2, 0.25) is 0 Å². The number of methoxy groups -OCH3 is 1. The van der Waals surface area contributed by atoms with E-state index in [4.69, 9.17) is 4.74 Å². The average molecular weight is 294 g/mol. The Hall–Kier alpha value is -0.710. The summed E-state index contributed by atoms with van der Waals surface area (Å²) in [6.07, 6.45) is 4.28. The lowest BCUT2D eigenvalue weighted by Crippen LogP contribution is -2.44. The zero-order chi connectivity index (χ0) is 14.4. The summed E-state index contributed by atoms with van der Waals surface area (Å²) in [6.45, 7) is 7.87. The Morgan fingerprint density at radius 1 is 1.25 bits per heavy atom. The van der Waals surface area contributed by atoms with Gasteiger partial charge in [-0.05, 0) is 42.4 Å². The molecule has 1 saturated heterocycles. The maximum Gasteiger partial charge on any atom is 0.122 e. The van der Waals surface area contributed by atoms with E-state index in [1.807, 2.05) is 11.8 Å². The third-order valence-corrected chi connectivity index (χ3v) is 4.79. The van der Waals surface area contributed by atoms with Gasteiger partial charge in [-0.2, -0.15) is 0 Å². The van der Waals surface area contributed by atoms with Crippen LogP contribution in [0.25, 0.3) is 0 Å². The normalized spacial score (nSPS) is 16.4. The Morgan fingerprint density at radius 2 is 2.00 bits per heavy atom. The second kappa shape index (κ2) is 7.91. The first-order chi connectivity index (χ1) is 9.78. The van der Waals surface area contributed by atoms with Gasteiger partial charge in [-0.1, -0.05) is 6.92 Å². The smallest absolute Gasteiger partial charge is 0.122 e. The third kappa shape index (κ3) is 3.90. The van der Waals surface area contributed by atoms with Crippen LogP contribution >= 0.6 is 11.8 Å². The molecule has 0 atom stereocenters. The number of nitrogens with one attached hydrogen (secondary N) is 1. The molecule has 1 heterocycles. The van der Waals surface area contributed by atoms with E-state index in [0.29, 0.717) is 0 Å². The topological polar surface area (TPSA) is 24.5 Å². The lowest BCUT2D eigenvalue weighted by Gasteiger charge is -2.27. The molecule has 1 aromatic carbocycles. The summed E-state index contributed by atoms with van der Waals surface area (Å²) in [7, 11) is 1.78. The Kier molecular flexibility index (Phi) is 6.20. The molecule has 1 aliphatic heterocycles. The monoisotopic (exact) mass is 294 g/mol. The highest BCUT2D eigenvalue weighted by Crippen LogP contribution is 2.30. The maximum atomic E-state index is 5.59. The number of ether oxygens (including phenoxy) is 1. The van der Waals surface area contributed by atoms with Gasteiger partial charge in [0.25, 0.3) is 0 Å². The SMILES string of the molecule is CCc1cc(OC)c(CCN2CCNCC2)cc1SC. The molecule has 0 aromatic heterocycles. The van der Waals surface area contributed by atoms with Crippen molar-refractivity contribution in [2.45, 2.75) is 24.7 Å². The molecule has 0 saturated carbocycles. The molecule has 4 heteroatoms. The minimum absolute atomic E-state index is 1.05. The van der Waals surface area contributed by atoms with Crippen LogP contribution in [0.4, 0.5) is 0 Å². The second-order valence-electron chi connectivity index (χ2n) is 5.17. The summed E-state index contributed by atoms with van der Waals surface area (Å²) in [4.78, 5) is 3.92. The molecule has 1 N–H and O–H groups in total. The standard InChI is InChI=1S/C16H26N2OS/c1-4-13-11-15(19-2)14(12-16(13)20-3)5-8-18-9-6-17-7-10-18/h11-12,17H,4-10H2,1-3H3. The predicted molar refractivity (Wildman–Crippen MR) is 87.2 cm³/mol. The van der Waals surface area contributed by atoms with Crippen molar-refractivity contribution >= 4 is 11.8 Å². The first-order valence-electron chi connectivity index (χ1n) is 7.45. The number of thioether (sulfide) groups is 1. The van der Waals surface area contributed by atoms with Crippen LogP contribution in [0.15, 0.2) is 17.0 Å². The molecule has 1 aliphatic rings. The lowest BCUT2D eigenvalue weighted by molar-refractivity contribution is 0.243. The van der Waals surface area contributed by atoms with E-state index in [-0.39, 0.29) is 0 Å². The van der Waals surface area contributed by atoms with E-state index >= 15 is 0 Å². The summed E-state index contributed by atoms with van der Waals surface area (Å²) in [5, 5.41) is 3.40. The van der Waals surface area contributed by atoms with Crippen LogP contribution in [0.5, 0.6) is 5.75 Å². The average Bonchev–Trinajstić information content (AvgIpc) is 2.52. The molecular weight excluding hydrogens is 268 g/mol. The number of rotatable bonds is 6. The van der Waals surface area contributed by atoms with Crippen molar-refractivity contribution in [3.05, 3.63) is 23.3 Å². The highest BCUT2D eigenvalue weighted by atomic mass is 32.2. The van der Waals surface area contributed by atoms with Gasteiger partial charge in [0.05, 0.1) is 7.11 Å². The minimum Gasteiger partial charge on any atom is -0.496 e. The molecule has 0 aliphatic carbocycles. The summed E-state index contributed by atoms with van der Waals surface area (Å²) in [5.41, 5.74) is 2.73. The van der Waals surface area contributed by atoms with Gasteiger partial charge in [0, 0.05) is 37.6 Å². The van der Waals surface area contributed by atoms with Crippen molar-refractivity contribution < 1.29 is 4.74 Å². The summed E-state index contributed by atoms with van der Waals surface area (Å²) < 4.78 is 5.59. The van der Waals surface area contributed by atoms with E-state index in [2.05, 4.69) is 35.5 Å². The maximum absolute atomic E-state index is 5.59. The van der Waals surface area contributed by atoms with E-state index in [9.17, 15) is 0 Å². The summed E-state index contributed by atoms with van der Waals surface area (Å²) in [6, 6.07) is 4.55. The van der Waals surface area contributed by atoms with Crippen molar-refractivity contribution in [2.24, 2.45) is 0 Å². The van der Waals surface area contributed by atoms with Crippen LogP contribution in [0.3, 0.4) is 0 Å². The van der Waals surface area contributed by atoms with E-state index in [1.165, 1.54) is 16.0 Å². The Bertz CT molecular complexity index is 431. The molecule has 112 valence electrons. The molecule has 20 heavy (non-hydrogen) atoms. The van der Waals surface area contributed by atoms with Crippen molar-refractivity contribution in [2.75, 3.05) is 46.1 Å². The minimum atomic E-state index is 1.05. The van der Waals surface area contributed by atoms with Crippen LogP contribution in [-0.4, -0.2) is 51.0 Å². The highest BCUT2D eigenvalue weighted by Gasteiger charge is 2.13. The van der Waals surface area contributed by atoms with Crippen LogP contribution in [0.1, 0.15) is 18.1 Å². The molecule has 0 unspecified atom stereocenters. The molecule has 0 amide bonds. The second-order valence-corrected chi connectivity index (χ2v) is 6.02. The van der Waals surface area contributed by atoms with E-state index in [1.54, 1.807) is 7.11 Å². The van der Waals surface area contributed by atoms with E-state index in [0.717, 1.165) is 51.3 Å². The number of nitrogens with zero attached hydrogens (tertiary/aromatic N) is 1. The fraction of sp³-hybridized carbons (Fsp3) is 0.625. The molecule has 1 aromatic rings. The number of aryl methyl sites for hydroxylation is 1. The fourth-order valence-corrected chi connectivity index (χ4v) is 3.43. The summed E-state index contributed by atoms with van der Waals surface area (Å²) >= 11 is 1.84. The largest absolute Gasteiger partial charge is 0.496 e. The Balaban J connectivity index is 2.08. The van der Waals surface area contributed by atoms with Gasteiger partial charge in [0.15, 0.2) is 0 Å². The zero-order valence-electron chi connectivity index (χ0n) is 12.9. The molecule has 0 radical (unpaired) electrons. The van der Waals surface area contributed by atoms with Gasteiger partial charge in [-0.25, -0.2) is 0 Å². The Morgan fingerprint density at radius 3 is 2.60 bits per heavy atom. The van der Waals surface area contributed by atoms with Crippen LogP contribution in [-0.2, 0) is 12.8 Å². The number of piperazine rings is 1. The fourth-order valence-electron chi connectivity index (χ4n) is 2.71. The van der Waals surface area contributed by atoms with Gasteiger partial charge >= 0.3 is 0 Å². The zero-order valence-corrected chi connectivity index (χ0v) is 13.7. The molecular formula is C16H26N2OS. The van der Waals surface area contributed by atoms with Crippen LogP contribution < -0.4 is 10.1 Å². The molecule has 1 fully saturated rings. The van der Waals surface area contributed by atoms with Gasteiger partial charge < -0.3 is 15.0 Å². The Labute approximate surface area is 127 Å². The highest BCUT2D eigenvalue weighted by molar-refractivity contribution is 7.98.